The van der Waals surface area contributed by atoms with Crippen LogP contribution in [0.25, 0.3) is 0 Å². The standard InChI is InChI=1S/C17H15F2N3O3/c1-22-9-11(8-21-22)7-20-17(23)16-5-3-13(25-16)10-24-15-4-2-12(18)6-14(15)19/h2-6,8-9H,7,10H2,1H3,(H,20,23). The zero-order valence-corrected chi connectivity index (χ0v) is 13.3. The third-order valence-corrected chi connectivity index (χ3v) is 3.36. The Balaban J connectivity index is 1.55. The van der Waals surface area contributed by atoms with Gasteiger partial charge in [0.1, 0.15) is 18.2 Å². The van der Waals surface area contributed by atoms with Crippen LogP contribution in [0.1, 0.15) is 21.9 Å². The van der Waals surface area contributed by atoms with E-state index in [1.54, 1.807) is 30.2 Å². The topological polar surface area (TPSA) is 69.3 Å². The molecule has 1 aromatic carbocycles. The number of halogens is 2. The van der Waals surface area contributed by atoms with Gasteiger partial charge in [-0.1, -0.05) is 0 Å². The van der Waals surface area contributed by atoms with Crippen molar-refractivity contribution in [3.05, 3.63) is 71.4 Å². The number of aromatic nitrogens is 2. The van der Waals surface area contributed by atoms with Gasteiger partial charge in [0.25, 0.3) is 5.91 Å². The second-order valence-electron chi connectivity index (χ2n) is 5.33. The number of furan rings is 1. The average molecular weight is 347 g/mol. The van der Waals surface area contributed by atoms with E-state index in [1.165, 1.54) is 12.1 Å². The zero-order chi connectivity index (χ0) is 17.8. The molecule has 2 heterocycles. The maximum Gasteiger partial charge on any atom is 0.287 e. The Morgan fingerprint density at radius 3 is 2.88 bits per heavy atom. The van der Waals surface area contributed by atoms with Crippen LogP contribution in [0.4, 0.5) is 8.78 Å². The quantitative estimate of drug-likeness (QED) is 0.744. The lowest BCUT2D eigenvalue weighted by molar-refractivity contribution is 0.0919. The molecule has 0 saturated heterocycles. The molecule has 25 heavy (non-hydrogen) atoms. The Kier molecular flexibility index (Phi) is 4.78. The van der Waals surface area contributed by atoms with Gasteiger partial charge in [0.15, 0.2) is 17.3 Å². The van der Waals surface area contributed by atoms with Gasteiger partial charge in [-0.3, -0.25) is 9.48 Å². The molecule has 1 amide bonds. The maximum absolute atomic E-state index is 13.5. The maximum atomic E-state index is 13.5. The molecule has 0 aliphatic rings. The first-order valence-corrected chi connectivity index (χ1v) is 7.43. The average Bonchev–Trinajstić information content (AvgIpc) is 3.21. The molecule has 0 unspecified atom stereocenters. The Morgan fingerprint density at radius 1 is 1.32 bits per heavy atom. The van der Waals surface area contributed by atoms with Crippen molar-refractivity contribution in [2.24, 2.45) is 7.05 Å². The number of carbonyl (C=O) groups is 1. The van der Waals surface area contributed by atoms with Crippen LogP contribution in [0, 0.1) is 11.6 Å². The third-order valence-electron chi connectivity index (χ3n) is 3.36. The highest BCUT2D eigenvalue weighted by Gasteiger charge is 2.12. The number of amides is 1. The fraction of sp³-hybridized carbons (Fsp3) is 0.176. The molecule has 0 atom stereocenters. The summed E-state index contributed by atoms with van der Waals surface area (Å²) in [6.45, 7) is 0.235. The highest BCUT2D eigenvalue weighted by Crippen LogP contribution is 2.19. The number of nitrogens with one attached hydrogen (secondary N) is 1. The molecule has 3 rings (SSSR count). The molecule has 0 spiro atoms. The minimum Gasteiger partial charge on any atom is -0.483 e. The van der Waals surface area contributed by atoms with Gasteiger partial charge in [-0.15, -0.1) is 0 Å². The van der Waals surface area contributed by atoms with Gasteiger partial charge < -0.3 is 14.5 Å². The van der Waals surface area contributed by atoms with Crippen molar-refractivity contribution in [1.29, 1.82) is 0 Å². The summed E-state index contributed by atoms with van der Waals surface area (Å²) in [5, 5.41) is 6.71. The molecule has 0 saturated carbocycles. The van der Waals surface area contributed by atoms with Gasteiger partial charge in [-0.2, -0.15) is 5.10 Å². The monoisotopic (exact) mass is 347 g/mol. The lowest BCUT2D eigenvalue weighted by Gasteiger charge is -2.05. The first-order valence-electron chi connectivity index (χ1n) is 7.43. The van der Waals surface area contributed by atoms with Crippen molar-refractivity contribution < 1.29 is 22.7 Å². The molecule has 6 nitrogen and oxygen atoms in total. The second-order valence-corrected chi connectivity index (χ2v) is 5.33. The Labute approximate surface area is 142 Å². The van der Waals surface area contributed by atoms with Gasteiger partial charge in [0.2, 0.25) is 0 Å². The number of rotatable bonds is 6. The Hall–Kier alpha value is -3.16. The van der Waals surface area contributed by atoms with Crippen molar-refractivity contribution in [1.82, 2.24) is 15.1 Å². The fourth-order valence-corrected chi connectivity index (χ4v) is 2.15. The number of ether oxygens (including phenoxy) is 1. The highest BCUT2D eigenvalue weighted by molar-refractivity contribution is 5.91. The molecule has 1 N–H and O–H groups in total. The number of hydrogen-bond donors (Lipinski definition) is 1. The van der Waals surface area contributed by atoms with Crippen LogP contribution in [-0.2, 0) is 20.2 Å². The van der Waals surface area contributed by atoms with Crippen molar-refractivity contribution in [2.75, 3.05) is 0 Å². The number of benzene rings is 1. The summed E-state index contributed by atoms with van der Waals surface area (Å²) in [6, 6.07) is 6.07. The van der Waals surface area contributed by atoms with E-state index >= 15 is 0 Å². The van der Waals surface area contributed by atoms with E-state index in [-0.39, 0.29) is 24.0 Å². The molecule has 130 valence electrons. The molecule has 2 aromatic heterocycles. The predicted octanol–water partition coefficient (Wildman–Crippen LogP) is 2.80. The molecule has 0 bridgehead atoms. The largest absolute Gasteiger partial charge is 0.483 e. The first kappa shape index (κ1) is 16.7. The summed E-state index contributed by atoms with van der Waals surface area (Å²) < 4.78 is 38.6. The van der Waals surface area contributed by atoms with E-state index in [0.717, 1.165) is 17.7 Å². The van der Waals surface area contributed by atoms with Gasteiger partial charge in [0, 0.05) is 31.4 Å². The van der Waals surface area contributed by atoms with Crippen molar-refractivity contribution >= 4 is 5.91 Å². The van der Waals surface area contributed by atoms with Crippen molar-refractivity contribution in [3.8, 4) is 5.75 Å². The van der Waals surface area contributed by atoms with Gasteiger partial charge in [-0.05, 0) is 24.3 Å². The smallest absolute Gasteiger partial charge is 0.287 e. The number of nitrogens with zero attached hydrogens (tertiary/aromatic N) is 2. The lowest BCUT2D eigenvalue weighted by atomic mass is 10.3. The van der Waals surface area contributed by atoms with Crippen LogP contribution in [0.15, 0.2) is 47.1 Å². The lowest BCUT2D eigenvalue weighted by Crippen LogP contribution is -2.22. The molecule has 3 aromatic rings. The number of hydrogen-bond acceptors (Lipinski definition) is 4. The van der Waals surface area contributed by atoms with E-state index in [2.05, 4.69) is 10.4 Å². The van der Waals surface area contributed by atoms with E-state index < -0.39 is 11.6 Å². The van der Waals surface area contributed by atoms with Crippen LogP contribution >= 0.6 is 0 Å². The molecular formula is C17H15F2N3O3. The van der Waals surface area contributed by atoms with Crippen molar-refractivity contribution in [2.45, 2.75) is 13.2 Å². The van der Waals surface area contributed by atoms with Crippen molar-refractivity contribution in [3.63, 3.8) is 0 Å². The molecule has 0 aliphatic carbocycles. The summed E-state index contributed by atoms with van der Waals surface area (Å²) in [7, 11) is 1.79. The number of carbonyl (C=O) groups excluding carboxylic acids is 1. The summed E-state index contributed by atoms with van der Waals surface area (Å²) in [5.41, 5.74) is 0.859. The third kappa shape index (κ3) is 4.23. The SMILES string of the molecule is Cn1cc(CNC(=O)c2ccc(COc3ccc(F)cc3F)o2)cn1. The number of aryl methyl sites for hydroxylation is 1. The van der Waals surface area contributed by atoms with E-state index in [1.807, 2.05) is 0 Å². The van der Waals surface area contributed by atoms with E-state index in [9.17, 15) is 13.6 Å². The minimum atomic E-state index is -0.805. The van der Waals surface area contributed by atoms with Crippen LogP contribution in [-0.4, -0.2) is 15.7 Å². The summed E-state index contributed by atoms with van der Waals surface area (Å²) in [5.74, 6) is -1.52. The van der Waals surface area contributed by atoms with Gasteiger partial charge in [0.05, 0.1) is 6.20 Å². The van der Waals surface area contributed by atoms with Crippen LogP contribution in [0.3, 0.4) is 0 Å². The van der Waals surface area contributed by atoms with Crippen LogP contribution < -0.4 is 10.1 Å². The van der Waals surface area contributed by atoms with Gasteiger partial charge >= 0.3 is 0 Å². The predicted molar refractivity (Wildman–Crippen MR) is 83.8 cm³/mol. The summed E-state index contributed by atoms with van der Waals surface area (Å²) in [6.07, 6.45) is 3.44. The highest BCUT2D eigenvalue weighted by atomic mass is 19.1. The van der Waals surface area contributed by atoms with E-state index in [0.29, 0.717) is 12.3 Å². The minimum absolute atomic E-state index is 0.0849. The fourth-order valence-electron chi connectivity index (χ4n) is 2.15. The molecular weight excluding hydrogens is 332 g/mol. The summed E-state index contributed by atoms with van der Waals surface area (Å²) in [4.78, 5) is 12.0. The summed E-state index contributed by atoms with van der Waals surface area (Å²) >= 11 is 0. The normalized spacial score (nSPS) is 10.7. The molecule has 0 aliphatic heterocycles. The molecule has 0 fully saturated rings. The second kappa shape index (κ2) is 7.16. The van der Waals surface area contributed by atoms with Crippen LogP contribution in [0.2, 0.25) is 0 Å². The Morgan fingerprint density at radius 2 is 2.16 bits per heavy atom. The van der Waals surface area contributed by atoms with E-state index in [4.69, 9.17) is 9.15 Å². The molecule has 0 radical (unpaired) electrons. The van der Waals surface area contributed by atoms with Crippen LogP contribution in [0.5, 0.6) is 5.75 Å². The Bertz CT molecular complexity index is 889. The first-order chi connectivity index (χ1) is 12.0. The molecule has 8 heteroatoms. The van der Waals surface area contributed by atoms with Gasteiger partial charge in [-0.25, -0.2) is 8.78 Å². The zero-order valence-electron chi connectivity index (χ0n) is 13.3.